The van der Waals surface area contributed by atoms with Crippen molar-refractivity contribution >= 4 is 23.4 Å². The Labute approximate surface area is 122 Å². The molecular formula is C11H7F8NOS. The number of hydrogen-bond donors (Lipinski definition) is 1. The lowest BCUT2D eigenvalue weighted by Gasteiger charge is -2.27. The molecule has 0 aliphatic rings. The molecule has 11 heteroatoms. The topological polar surface area (TPSA) is 29.1 Å². The largest absolute Gasteiger partial charge is 0.460 e. The van der Waals surface area contributed by atoms with Crippen LogP contribution in [0.1, 0.15) is 0 Å². The average molecular weight is 353 g/mol. The Morgan fingerprint density at radius 3 is 1.95 bits per heavy atom. The second-order valence-corrected chi connectivity index (χ2v) is 5.02. The van der Waals surface area contributed by atoms with E-state index in [0.29, 0.717) is 0 Å². The minimum Gasteiger partial charge on any atom is -0.325 e. The number of carbonyl (C=O) groups excluding carboxylic acids is 1. The third kappa shape index (κ3) is 4.24. The van der Waals surface area contributed by atoms with E-state index in [4.69, 9.17) is 0 Å². The molecule has 0 aromatic heterocycles. The number of benzene rings is 1. The number of anilines is 1. The van der Waals surface area contributed by atoms with Gasteiger partial charge in [0.05, 0.1) is 5.75 Å². The van der Waals surface area contributed by atoms with Gasteiger partial charge < -0.3 is 5.32 Å². The predicted octanol–water partition coefficient (Wildman–Crippen LogP) is 4.29. The number of thioether (sulfide) groups is 1. The molecule has 0 atom stereocenters. The molecule has 1 N–H and O–H groups in total. The number of hydrogen-bond acceptors (Lipinski definition) is 2. The molecule has 22 heavy (non-hydrogen) atoms. The zero-order valence-electron chi connectivity index (χ0n) is 10.4. The van der Waals surface area contributed by atoms with Gasteiger partial charge in [0.25, 0.3) is 0 Å². The van der Waals surface area contributed by atoms with E-state index >= 15 is 0 Å². The van der Waals surface area contributed by atoms with Crippen LogP contribution in [-0.4, -0.2) is 29.0 Å². The van der Waals surface area contributed by atoms with E-state index < -0.39 is 46.6 Å². The van der Waals surface area contributed by atoms with Gasteiger partial charge in [-0.1, -0.05) is 11.8 Å². The van der Waals surface area contributed by atoms with Crippen molar-refractivity contribution in [2.45, 2.75) is 17.4 Å². The van der Waals surface area contributed by atoms with E-state index in [2.05, 4.69) is 0 Å². The third-order valence-corrected chi connectivity index (χ3v) is 3.26. The first-order chi connectivity index (χ1) is 9.87. The van der Waals surface area contributed by atoms with Gasteiger partial charge in [0.1, 0.15) is 5.82 Å². The Morgan fingerprint density at radius 1 is 1.00 bits per heavy atom. The van der Waals surface area contributed by atoms with Gasteiger partial charge >= 0.3 is 17.4 Å². The summed E-state index contributed by atoms with van der Waals surface area (Å²) >= 11 is -1.15. The van der Waals surface area contributed by atoms with Crippen LogP contribution in [0, 0.1) is 5.82 Å². The number of nitrogens with one attached hydrogen (secondary N) is 1. The molecule has 0 aliphatic heterocycles. The van der Waals surface area contributed by atoms with E-state index in [-0.39, 0.29) is 5.69 Å². The highest BCUT2D eigenvalue weighted by atomic mass is 32.2. The van der Waals surface area contributed by atoms with Crippen LogP contribution in [0.5, 0.6) is 0 Å². The van der Waals surface area contributed by atoms with Gasteiger partial charge in [0, 0.05) is 5.69 Å². The summed E-state index contributed by atoms with van der Waals surface area (Å²) in [5.41, 5.74) is -0.0297. The lowest BCUT2D eigenvalue weighted by molar-refractivity contribution is -0.330. The zero-order valence-corrected chi connectivity index (χ0v) is 11.2. The van der Waals surface area contributed by atoms with Crippen molar-refractivity contribution < 1.29 is 39.9 Å². The monoisotopic (exact) mass is 353 g/mol. The summed E-state index contributed by atoms with van der Waals surface area (Å²) in [7, 11) is 0. The summed E-state index contributed by atoms with van der Waals surface area (Å²) in [6, 6.07) is 3.96. The second kappa shape index (κ2) is 6.31. The minimum atomic E-state index is -6.45. The van der Waals surface area contributed by atoms with Crippen molar-refractivity contribution in [3.63, 3.8) is 0 Å². The molecule has 124 valence electrons. The molecule has 0 saturated heterocycles. The number of amides is 1. The van der Waals surface area contributed by atoms with Crippen LogP contribution in [0.15, 0.2) is 24.3 Å². The first-order valence-electron chi connectivity index (χ1n) is 5.38. The molecule has 0 saturated carbocycles. The van der Waals surface area contributed by atoms with Crippen LogP contribution in [0.3, 0.4) is 0 Å². The van der Waals surface area contributed by atoms with Crippen molar-refractivity contribution in [2.75, 3.05) is 11.1 Å². The smallest absolute Gasteiger partial charge is 0.325 e. The molecule has 0 heterocycles. The fraction of sp³-hybridized carbons (Fsp3) is 0.364. The molecule has 0 unspecified atom stereocenters. The van der Waals surface area contributed by atoms with E-state index in [1.165, 1.54) is 0 Å². The Morgan fingerprint density at radius 2 is 1.50 bits per heavy atom. The summed E-state index contributed by atoms with van der Waals surface area (Å²) in [5, 5.41) is -3.56. The Hall–Kier alpha value is -1.52. The van der Waals surface area contributed by atoms with Crippen molar-refractivity contribution in [2.24, 2.45) is 0 Å². The first kappa shape index (κ1) is 18.5. The van der Waals surface area contributed by atoms with Crippen LogP contribution < -0.4 is 5.32 Å². The van der Waals surface area contributed by atoms with Gasteiger partial charge in [0.15, 0.2) is 0 Å². The minimum absolute atomic E-state index is 0.0297. The lowest BCUT2D eigenvalue weighted by atomic mass is 10.3. The van der Waals surface area contributed by atoms with E-state index in [0.717, 1.165) is 24.3 Å². The molecule has 0 spiro atoms. The van der Waals surface area contributed by atoms with Crippen LogP contribution in [0.4, 0.5) is 40.8 Å². The van der Waals surface area contributed by atoms with Gasteiger partial charge in [0.2, 0.25) is 5.91 Å². The van der Waals surface area contributed by atoms with Crippen molar-refractivity contribution in [1.82, 2.24) is 0 Å². The SMILES string of the molecule is O=C(CSC(F)(F)C(F)(F)C(F)(F)F)Nc1ccc(F)cc1. The summed E-state index contributed by atoms with van der Waals surface area (Å²) in [4.78, 5) is 11.2. The summed E-state index contributed by atoms with van der Waals surface area (Å²) in [6.45, 7) is 0. The van der Waals surface area contributed by atoms with Crippen LogP contribution in [0.2, 0.25) is 0 Å². The van der Waals surface area contributed by atoms with E-state index in [1.807, 2.05) is 5.32 Å². The number of halogens is 8. The van der Waals surface area contributed by atoms with Gasteiger partial charge in [-0.05, 0) is 24.3 Å². The molecule has 1 aromatic carbocycles. The van der Waals surface area contributed by atoms with E-state index in [9.17, 15) is 39.9 Å². The van der Waals surface area contributed by atoms with Crippen molar-refractivity contribution in [1.29, 1.82) is 0 Å². The normalized spacial score (nSPS) is 13.1. The van der Waals surface area contributed by atoms with Crippen LogP contribution in [0.25, 0.3) is 0 Å². The maximum Gasteiger partial charge on any atom is 0.460 e. The Kier molecular flexibility index (Phi) is 5.31. The molecule has 1 aromatic rings. The molecule has 0 fully saturated rings. The predicted molar refractivity (Wildman–Crippen MR) is 63.4 cm³/mol. The van der Waals surface area contributed by atoms with E-state index in [1.54, 1.807) is 0 Å². The lowest BCUT2D eigenvalue weighted by Crippen LogP contribution is -2.50. The zero-order chi connectivity index (χ0) is 17.2. The summed E-state index contributed by atoms with van der Waals surface area (Å²) in [6.07, 6.45) is -6.45. The fourth-order valence-corrected chi connectivity index (χ4v) is 1.82. The molecule has 1 amide bonds. The van der Waals surface area contributed by atoms with Gasteiger partial charge in [-0.2, -0.15) is 30.7 Å². The van der Waals surface area contributed by atoms with Gasteiger partial charge in [-0.3, -0.25) is 4.79 Å². The standard InChI is InChI=1S/C11H7F8NOS/c12-6-1-3-7(4-2-6)20-8(21)5-22-11(18,19)9(13,14)10(15,16)17/h1-4H,5H2,(H,20,21). The Balaban J connectivity index is 2.64. The highest BCUT2D eigenvalue weighted by Crippen LogP contribution is 2.51. The molecular weight excluding hydrogens is 346 g/mol. The number of carbonyl (C=O) groups is 1. The summed E-state index contributed by atoms with van der Waals surface area (Å²) in [5.74, 6) is -9.52. The van der Waals surface area contributed by atoms with Crippen LogP contribution >= 0.6 is 11.8 Å². The van der Waals surface area contributed by atoms with Gasteiger partial charge in [-0.25, -0.2) is 4.39 Å². The Bertz CT molecular complexity index is 528. The van der Waals surface area contributed by atoms with Crippen LogP contribution in [-0.2, 0) is 4.79 Å². The average Bonchev–Trinajstić information content (AvgIpc) is 2.38. The molecule has 1 rings (SSSR count). The maximum atomic E-state index is 12.9. The summed E-state index contributed by atoms with van der Waals surface area (Å²) < 4.78 is 99.1. The second-order valence-electron chi connectivity index (χ2n) is 3.93. The fourth-order valence-electron chi connectivity index (χ4n) is 1.14. The van der Waals surface area contributed by atoms with Crippen molar-refractivity contribution in [3.8, 4) is 0 Å². The highest BCUT2D eigenvalue weighted by molar-refractivity contribution is 8.01. The third-order valence-electron chi connectivity index (χ3n) is 2.23. The highest BCUT2D eigenvalue weighted by Gasteiger charge is 2.73. The first-order valence-corrected chi connectivity index (χ1v) is 6.37. The molecule has 2 nitrogen and oxygen atoms in total. The van der Waals surface area contributed by atoms with Crippen molar-refractivity contribution in [3.05, 3.63) is 30.1 Å². The molecule has 0 aliphatic carbocycles. The van der Waals surface area contributed by atoms with Gasteiger partial charge in [-0.15, -0.1) is 0 Å². The molecule has 0 bridgehead atoms. The maximum absolute atomic E-state index is 12.9. The molecule has 0 radical (unpaired) electrons. The quantitative estimate of drug-likeness (QED) is 0.801. The number of rotatable bonds is 5. The number of alkyl halides is 7.